The van der Waals surface area contributed by atoms with Crippen LogP contribution in [0.2, 0.25) is 0 Å². The first-order chi connectivity index (χ1) is 7.76. The number of ether oxygens (including phenoxy) is 2. The number of aryl methyl sites for hydroxylation is 1. The molecule has 0 bridgehead atoms. The molecule has 3 heteroatoms. The molecule has 1 aromatic carbocycles. The second-order valence-electron chi connectivity index (χ2n) is 3.63. The Bertz CT molecular complexity index is 304. The van der Waals surface area contributed by atoms with Gasteiger partial charge in [-0.15, -0.1) is 0 Å². The third-order valence-corrected chi connectivity index (χ3v) is 2.72. The first-order valence-corrected chi connectivity index (χ1v) is 5.25. The zero-order valence-electron chi connectivity index (χ0n) is 9.73. The second-order valence-corrected chi connectivity index (χ2v) is 3.63. The van der Waals surface area contributed by atoms with Crippen LogP contribution >= 0.6 is 0 Å². The lowest BCUT2D eigenvalue weighted by molar-refractivity contribution is -0.204. The average Bonchev–Trinajstić information content (AvgIpc) is 2.36. The molecule has 1 rings (SSSR count). The molecular weight excluding hydrogens is 204 g/mol. The number of rotatable bonds is 7. The third kappa shape index (κ3) is 3.43. The zero-order valence-corrected chi connectivity index (χ0v) is 9.73. The van der Waals surface area contributed by atoms with Gasteiger partial charge in [-0.2, -0.15) is 0 Å². The van der Waals surface area contributed by atoms with Gasteiger partial charge in [0.15, 0.2) is 5.79 Å². The maximum absolute atomic E-state index is 10.5. The highest BCUT2D eigenvalue weighted by Gasteiger charge is 2.29. The molecule has 0 saturated heterocycles. The molecule has 1 radical (unpaired) electrons. The average molecular weight is 221 g/mol. The zero-order chi connectivity index (χ0) is 11.9. The van der Waals surface area contributed by atoms with Crippen LogP contribution in [0.3, 0.4) is 0 Å². The minimum Gasteiger partial charge on any atom is -0.353 e. The van der Waals surface area contributed by atoms with Crippen LogP contribution in [-0.4, -0.2) is 26.3 Å². The van der Waals surface area contributed by atoms with Gasteiger partial charge in [0.2, 0.25) is 6.29 Å². The van der Waals surface area contributed by atoms with Crippen molar-refractivity contribution in [2.45, 2.75) is 25.0 Å². The Morgan fingerprint density at radius 1 is 1.19 bits per heavy atom. The Labute approximate surface area is 96.4 Å². The summed E-state index contributed by atoms with van der Waals surface area (Å²) in [6, 6.07) is 10.0. The van der Waals surface area contributed by atoms with E-state index in [1.807, 2.05) is 36.6 Å². The molecule has 0 atom stereocenters. The first-order valence-electron chi connectivity index (χ1n) is 5.25. The van der Waals surface area contributed by atoms with Crippen LogP contribution in [0.4, 0.5) is 0 Å². The minimum atomic E-state index is -0.836. The summed E-state index contributed by atoms with van der Waals surface area (Å²) in [5.41, 5.74) is 1.20. The van der Waals surface area contributed by atoms with Gasteiger partial charge in [-0.05, 0) is 12.0 Å². The standard InChI is InChI=1S/C13H17O3/c1-15-13(16-2,10-11-14)9-8-12-6-4-3-5-7-12/h3-7H,8-10H2,1-2H3. The van der Waals surface area contributed by atoms with Crippen LogP contribution in [-0.2, 0) is 20.7 Å². The van der Waals surface area contributed by atoms with Gasteiger partial charge in [0.25, 0.3) is 0 Å². The highest BCUT2D eigenvalue weighted by molar-refractivity contribution is 5.51. The molecular formula is C13H17O3. The lowest BCUT2D eigenvalue weighted by Gasteiger charge is -2.28. The van der Waals surface area contributed by atoms with Crippen LogP contribution < -0.4 is 0 Å². The summed E-state index contributed by atoms with van der Waals surface area (Å²) in [7, 11) is 3.09. The number of carbonyl (C=O) groups excluding carboxylic acids is 1. The van der Waals surface area contributed by atoms with Crippen molar-refractivity contribution >= 4 is 6.29 Å². The Morgan fingerprint density at radius 3 is 2.31 bits per heavy atom. The summed E-state index contributed by atoms with van der Waals surface area (Å²) in [5, 5.41) is 0. The highest BCUT2D eigenvalue weighted by atomic mass is 16.7. The van der Waals surface area contributed by atoms with Crippen molar-refractivity contribution in [3.63, 3.8) is 0 Å². The molecule has 0 aliphatic heterocycles. The predicted octanol–water partition coefficient (Wildman–Crippen LogP) is 2.11. The fourth-order valence-electron chi connectivity index (χ4n) is 1.61. The number of hydrogen-bond acceptors (Lipinski definition) is 3. The van der Waals surface area contributed by atoms with Crippen molar-refractivity contribution in [1.29, 1.82) is 0 Å². The Hall–Kier alpha value is -1.19. The normalized spacial score (nSPS) is 11.4. The second kappa shape index (κ2) is 6.40. The smallest absolute Gasteiger partial charge is 0.203 e. The van der Waals surface area contributed by atoms with E-state index in [9.17, 15) is 4.79 Å². The first kappa shape index (κ1) is 12.9. The van der Waals surface area contributed by atoms with Crippen LogP contribution in [0.5, 0.6) is 0 Å². The highest BCUT2D eigenvalue weighted by Crippen LogP contribution is 2.22. The lowest BCUT2D eigenvalue weighted by atomic mass is 10.0. The van der Waals surface area contributed by atoms with Crippen molar-refractivity contribution in [3.05, 3.63) is 35.9 Å². The summed E-state index contributed by atoms with van der Waals surface area (Å²) in [6.45, 7) is 0. The van der Waals surface area contributed by atoms with Crippen LogP contribution in [0.15, 0.2) is 30.3 Å². The van der Waals surface area contributed by atoms with Gasteiger partial charge in [0.1, 0.15) is 0 Å². The van der Waals surface area contributed by atoms with Crippen molar-refractivity contribution in [2.75, 3.05) is 14.2 Å². The number of hydrogen-bond donors (Lipinski definition) is 0. The summed E-state index contributed by atoms with van der Waals surface area (Å²) in [5.74, 6) is -0.836. The third-order valence-electron chi connectivity index (χ3n) is 2.72. The number of methoxy groups -OCH3 is 2. The van der Waals surface area contributed by atoms with E-state index in [0.717, 1.165) is 6.42 Å². The molecule has 0 aliphatic rings. The molecule has 0 saturated carbocycles. The topological polar surface area (TPSA) is 35.5 Å². The van der Waals surface area contributed by atoms with E-state index >= 15 is 0 Å². The summed E-state index contributed by atoms with van der Waals surface area (Å²) < 4.78 is 10.5. The molecule has 0 spiro atoms. The Kier molecular flexibility index (Phi) is 5.15. The summed E-state index contributed by atoms with van der Waals surface area (Å²) in [4.78, 5) is 10.5. The molecule has 0 aliphatic carbocycles. The molecule has 3 nitrogen and oxygen atoms in total. The molecule has 16 heavy (non-hydrogen) atoms. The quantitative estimate of drug-likeness (QED) is 0.661. The monoisotopic (exact) mass is 221 g/mol. The van der Waals surface area contributed by atoms with E-state index in [1.54, 1.807) is 14.2 Å². The van der Waals surface area contributed by atoms with E-state index in [1.165, 1.54) is 5.56 Å². The summed E-state index contributed by atoms with van der Waals surface area (Å²) >= 11 is 0. The molecule has 87 valence electrons. The molecule has 0 amide bonds. The van der Waals surface area contributed by atoms with Gasteiger partial charge < -0.3 is 9.47 Å². The number of benzene rings is 1. The SMILES string of the molecule is COC(C[C]=O)(CCc1ccccc1)OC. The van der Waals surface area contributed by atoms with Crippen molar-refractivity contribution < 1.29 is 14.3 Å². The molecule has 0 fully saturated rings. The molecule has 0 N–H and O–H groups in total. The van der Waals surface area contributed by atoms with Crippen LogP contribution in [0.1, 0.15) is 18.4 Å². The van der Waals surface area contributed by atoms with Gasteiger partial charge >= 0.3 is 0 Å². The van der Waals surface area contributed by atoms with Crippen molar-refractivity contribution in [2.24, 2.45) is 0 Å². The van der Waals surface area contributed by atoms with Crippen LogP contribution in [0, 0.1) is 0 Å². The largest absolute Gasteiger partial charge is 0.353 e. The molecule has 0 heterocycles. The van der Waals surface area contributed by atoms with Gasteiger partial charge in [0.05, 0.1) is 6.42 Å². The molecule has 0 unspecified atom stereocenters. The van der Waals surface area contributed by atoms with E-state index < -0.39 is 5.79 Å². The van der Waals surface area contributed by atoms with Gasteiger partial charge in [-0.3, -0.25) is 4.79 Å². The minimum absolute atomic E-state index is 0.132. The Balaban J connectivity index is 2.59. The maximum atomic E-state index is 10.5. The summed E-state index contributed by atoms with van der Waals surface area (Å²) in [6.07, 6.45) is 3.43. The van der Waals surface area contributed by atoms with Crippen LogP contribution in [0.25, 0.3) is 0 Å². The van der Waals surface area contributed by atoms with Gasteiger partial charge in [0, 0.05) is 20.6 Å². The lowest BCUT2D eigenvalue weighted by Crippen LogP contribution is -2.34. The van der Waals surface area contributed by atoms with E-state index in [0.29, 0.717) is 6.42 Å². The maximum Gasteiger partial charge on any atom is 0.203 e. The predicted molar refractivity (Wildman–Crippen MR) is 61.8 cm³/mol. The molecule has 1 aromatic rings. The fourth-order valence-corrected chi connectivity index (χ4v) is 1.61. The van der Waals surface area contributed by atoms with Gasteiger partial charge in [-0.1, -0.05) is 30.3 Å². The fraction of sp³-hybridized carbons (Fsp3) is 0.462. The van der Waals surface area contributed by atoms with Crippen molar-refractivity contribution in [1.82, 2.24) is 0 Å². The van der Waals surface area contributed by atoms with Gasteiger partial charge in [-0.25, -0.2) is 0 Å². The van der Waals surface area contributed by atoms with E-state index in [4.69, 9.17) is 9.47 Å². The van der Waals surface area contributed by atoms with E-state index in [2.05, 4.69) is 0 Å². The Morgan fingerprint density at radius 2 is 1.81 bits per heavy atom. The van der Waals surface area contributed by atoms with Crippen molar-refractivity contribution in [3.8, 4) is 0 Å². The van der Waals surface area contributed by atoms with E-state index in [-0.39, 0.29) is 6.42 Å². The molecule has 0 aromatic heterocycles.